The number of aryl methyl sites for hydroxylation is 2. The van der Waals surface area contributed by atoms with Crippen molar-refractivity contribution in [3.63, 3.8) is 0 Å². The number of imide groups is 1. The molecule has 2 heterocycles. The standard InChI is InChI=1S/C14H12ClFN4O2/c1-7-3-4-17-6-11(7)19-14(22)20-13(21)9-5-10(16)8(2)18-12(9)15/h3-6H,1-2H3,(H2,19,20,21,22). The molecular weight excluding hydrogens is 311 g/mol. The Morgan fingerprint density at radius 2 is 2.05 bits per heavy atom. The number of amides is 3. The van der Waals surface area contributed by atoms with Gasteiger partial charge in [0.05, 0.1) is 23.1 Å². The molecule has 2 aromatic heterocycles. The Morgan fingerprint density at radius 1 is 1.32 bits per heavy atom. The summed E-state index contributed by atoms with van der Waals surface area (Å²) in [6.07, 6.45) is 3.02. The van der Waals surface area contributed by atoms with E-state index < -0.39 is 17.8 Å². The third-order valence-corrected chi connectivity index (χ3v) is 3.15. The van der Waals surface area contributed by atoms with Crippen LogP contribution in [0.25, 0.3) is 0 Å². The summed E-state index contributed by atoms with van der Waals surface area (Å²) < 4.78 is 13.4. The number of carbonyl (C=O) groups excluding carboxylic acids is 2. The first-order valence-electron chi connectivity index (χ1n) is 6.24. The van der Waals surface area contributed by atoms with E-state index in [1.54, 1.807) is 19.2 Å². The maximum absolute atomic E-state index is 13.4. The molecule has 3 amide bonds. The van der Waals surface area contributed by atoms with Gasteiger partial charge in [-0.25, -0.2) is 14.2 Å². The summed E-state index contributed by atoms with van der Waals surface area (Å²) >= 11 is 5.78. The van der Waals surface area contributed by atoms with Crippen LogP contribution in [0.1, 0.15) is 21.6 Å². The molecule has 0 spiro atoms. The minimum atomic E-state index is -0.851. The van der Waals surface area contributed by atoms with Gasteiger partial charge in [0.2, 0.25) is 0 Å². The summed E-state index contributed by atoms with van der Waals surface area (Å²) in [5, 5.41) is 4.34. The molecule has 0 aliphatic carbocycles. The molecule has 0 atom stereocenters. The molecule has 2 N–H and O–H groups in total. The Hall–Kier alpha value is -2.54. The molecule has 0 bridgehead atoms. The van der Waals surface area contributed by atoms with Gasteiger partial charge < -0.3 is 5.32 Å². The summed E-state index contributed by atoms with van der Waals surface area (Å²) in [4.78, 5) is 31.3. The van der Waals surface area contributed by atoms with Crippen molar-refractivity contribution in [2.45, 2.75) is 13.8 Å². The molecule has 6 nitrogen and oxygen atoms in total. The van der Waals surface area contributed by atoms with Gasteiger partial charge in [0.15, 0.2) is 0 Å². The average molecular weight is 323 g/mol. The van der Waals surface area contributed by atoms with E-state index in [4.69, 9.17) is 11.6 Å². The Kier molecular flexibility index (Phi) is 4.67. The minimum Gasteiger partial charge on any atom is -0.306 e. The van der Waals surface area contributed by atoms with Gasteiger partial charge in [-0.15, -0.1) is 0 Å². The summed E-state index contributed by atoms with van der Waals surface area (Å²) in [6, 6.07) is 1.86. The van der Waals surface area contributed by atoms with Gasteiger partial charge in [0, 0.05) is 6.20 Å². The van der Waals surface area contributed by atoms with Gasteiger partial charge in [0.25, 0.3) is 5.91 Å². The Balaban J connectivity index is 2.11. The average Bonchev–Trinajstić information content (AvgIpc) is 2.45. The van der Waals surface area contributed by atoms with E-state index >= 15 is 0 Å². The van der Waals surface area contributed by atoms with Crippen LogP contribution in [0.5, 0.6) is 0 Å². The highest BCUT2D eigenvalue weighted by Gasteiger charge is 2.17. The lowest BCUT2D eigenvalue weighted by Crippen LogP contribution is -2.35. The van der Waals surface area contributed by atoms with Crippen molar-refractivity contribution in [1.82, 2.24) is 15.3 Å². The Labute approximate surface area is 130 Å². The highest BCUT2D eigenvalue weighted by molar-refractivity contribution is 6.33. The first-order chi connectivity index (χ1) is 10.4. The second kappa shape index (κ2) is 6.48. The lowest BCUT2D eigenvalue weighted by molar-refractivity contribution is 0.0966. The van der Waals surface area contributed by atoms with E-state index in [1.807, 2.05) is 0 Å². The number of pyridine rings is 2. The largest absolute Gasteiger partial charge is 0.326 e. The molecule has 0 saturated carbocycles. The van der Waals surface area contributed by atoms with Crippen LogP contribution in [0.2, 0.25) is 5.15 Å². The van der Waals surface area contributed by atoms with Gasteiger partial charge in [-0.1, -0.05) is 11.6 Å². The summed E-state index contributed by atoms with van der Waals surface area (Å²) in [5.41, 5.74) is 1.07. The monoisotopic (exact) mass is 322 g/mol. The minimum absolute atomic E-state index is 0.0667. The van der Waals surface area contributed by atoms with Crippen LogP contribution >= 0.6 is 11.6 Å². The van der Waals surface area contributed by atoms with Crippen molar-refractivity contribution in [1.29, 1.82) is 0 Å². The predicted molar refractivity (Wildman–Crippen MR) is 79.4 cm³/mol. The molecular formula is C14H12ClFN4O2. The second-order valence-corrected chi connectivity index (χ2v) is 4.85. The predicted octanol–water partition coefficient (Wildman–Crippen LogP) is 2.85. The molecule has 0 fully saturated rings. The normalized spacial score (nSPS) is 10.2. The van der Waals surface area contributed by atoms with Crippen LogP contribution in [0.3, 0.4) is 0 Å². The molecule has 0 unspecified atom stereocenters. The molecule has 114 valence electrons. The van der Waals surface area contributed by atoms with Crippen LogP contribution in [-0.2, 0) is 0 Å². The van der Waals surface area contributed by atoms with E-state index in [9.17, 15) is 14.0 Å². The zero-order valence-electron chi connectivity index (χ0n) is 11.8. The van der Waals surface area contributed by atoms with E-state index in [1.165, 1.54) is 13.1 Å². The van der Waals surface area contributed by atoms with Gasteiger partial charge in [-0.2, -0.15) is 0 Å². The van der Waals surface area contributed by atoms with Crippen LogP contribution in [0.15, 0.2) is 24.5 Å². The number of aromatic nitrogens is 2. The van der Waals surface area contributed by atoms with Gasteiger partial charge in [-0.3, -0.25) is 15.1 Å². The van der Waals surface area contributed by atoms with Gasteiger partial charge >= 0.3 is 6.03 Å². The fourth-order valence-corrected chi connectivity index (χ4v) is 1.90. The van der Waals surface area contributed by atoms with Crippen LogP contribution in [0, 0.1) is 19.7 Å². The molecule has 0 aromatic carbocycles. The topological polar surface area (TPSA) is 84.0 Å². The molecule has 0 saturated heterocycles. The van der Waals surface area contributed by atoms with Crippen LogP contribution in [-0.4, -0.2) is 21.9 Å². The molecule has 2 aromatic rings. The number of urea groups is 1. The highest BCUT2D eigenvalue weighted by atomic mass is 35.5. The number of hydrogen-bond acceptors (Lipinski definition) is 4. The van der Waals surface area contributed by atoms with Gasteiger partial charge in [0.1, 0.15) is 11.0 Å². The molecule has 0 aliphatic heterocycles. The van der Waals surface area contributed by atoms with Crippen molar-refractivity contribution in [3.8, 4) is 0 Å². The molecule has 8 heteroatoms. The smallest absolute Gasteiger partial charge is 0.306 e. The maximum Gasteiger partial charge on any atom is 0.326 e. The second-order valence-electron chi connectivity index (χ2n) is 4.49. The summed E-state index contributed by atoms with van der Waals surface area (Å²) in [5.74, 6) is -1.53. The number of nitrogens with zero attached hydrogens (tertiary/aromatic N) is 2. The van der Waals surface area contributed by atoms with Crippen LogP contribution in [0.4, 0.5) is 14.9 Å². The number of halogens is 2. The Morgan fingerprint density at radius 3 is 2.73 bits per heavy atom. The van der Waals surface area contributed by atoms with Crippen molar-refractivity contribution in [2.75, 3.05) is 5.32 Å². The first-order valence-corrected chi connectivity index (χ1v) is 6.62. The number of carbonyl (C=O) groups is 2. The van der Waals surface area contributed by atoms with Crippen molar-refractivity contribution in [2.24, 2.45) is 0 Å². The lowest BCUT2D eigenvalue weighted by Gasteiger charge is -2.09. The van der Waals surface area contributed by atoms with Crippen molar-refractivity contribution in [3.05, 3.63) is 52.3 Å². The zero-order chi connectivity index (χ0) is 16.3. The maximum atomic E-state index is 13.4. The summed E-state index contributed by atoms with van der Waals surface area (Å²) in [6.45, 7) is 3.19. The zero-order valence-corrected chi connectivity index (χ0v) is 12.5. The van der Waals surface area contributed by atoms with E-state index in [0.717, 1.165) is 11.6 Å². The van der Waals surface area contributed by atoms with E-state index in [-0.39, 0.29) is 16.4 Å². The fourth-order valence-electron chi connectivity index (χ4n) is 1.63. The van der Waals surface area contributed by atoms with E-state index in [2.05, 4.69) is 20.6 Å². The third kappa shape index (κ3) is 3.56. The number of anilines is 1. The first kappa shape index (κ1) is 15.8. The molecule has 22 heavy (non-hydrogen) atoms. The fraction of sp³-hybridized carbons (Fsp3) is 0.143. The molecule has 0 aliphatic rings. The molecule has 0 radical (unpaired) electrons. The van der Waals surface area contributed by atoms with Crippen molar-refractivity contribution < 1.29 is 14.0 Å². The van der Waals surface area contributed by atoms with Gasteiger partial charge in [-0.05, 0) is 31.5 Å². The molecule has 2 rings (SSSR count). The number of hydrogen-bond donors (Lipinski definition) is 2. The van der Waals surface area contributed by atoms with Crippen LogP contribution < -0.4 is 10.6 Å². The summed E-state index contributed by atoms with van der Waals surface area (Å²) in [7, 11) is 0. The Bertz CT molecular complexity index is 752. The quantitative estimate of drug-likeness (QED) is 0.833. The van der Waals surface area contributed by atoms with Crippen molar-refractivity contribution >= 4 is 29.2 Å². The number of rotatable bonds is 2. The SMILES string of the molecule is Cc1ccncc1NC(=O)NC(=O)c1cc(F)c(C)nc1Cl. The highest BCUT2D eigenvalue weighted by Crippen LogP contribution is 2.17. The van der Waals surface area contributed by atoms with E-state index in [0.29, 0.717) is 5.69 Å². The lowest BCUT2D eigenvalue weighted by atomic mass is 10.2. The number of nitrogens with one attached hydrogen (secondary N) is 2. The third-order valence-electron chi connectivity index (χ3n) is 2.86.